The van der Waals surface area contributed by atoms with Gasteiger partial charge in [0.1, 0.15) is 12.6 Å². The van der Waals surface area contributed by atoms with Crippen molar-refractivity contribution in [1.82, 2.24) is 4.90 Å². The monoisotopic (exact) mass is 139 g/mol. The second-order valence-corrected chi connectivity index (χ2v) is 2.46. The van der Waals surface area contributed by atoms with Crippen molar-refractivity contribution in [2.75, 3.05) is 20.1 Å². The summed E-state index contributed by atoms with van der Waals surface area (Å²) in [4.78, 5) is 22.5. The van der Waals surface area contributed by atoms with E-state index in [4.69, 9.17) is 0 Å². The van der Waals surface area contributed by atoms with Crippen molar-refractivity contribution in [3.63, 3.8) is 0 Å². The highest BCUT2D eigenvalue weighted by Gasteiger charge is 2.16. The van der Waals surface area contributed by atoms with E-state index < -0.39 is 0 Å². The highest BCUT2D eigenvalue weighted by Crippen LogP contribution is 2.10. The van der Waals surface area contributed by atoms with Gasteiger partial charge >= 0.3 is 0 Å². The molecule has 10 heavy (non-hydrogen) atoms. The fourth-order valence-corrected chi connectivity index (χ4v) is 1.07. The minimum absolute atomic E-state index is 0.609. The first kappa shape index (κ1) is 7.15. The standard InChI is InChI=1S/C7H9NO2/c1-8-2-6(4-9)7(3-8)5-10/h4-5H,2-3H2,1H3. The van der Waals surface area contributed by atoms with Crippen molar-refractivity contribution >= 4 is 12.6 Å². The molecule has 54 valence electrons. The summed E-state index contributed by atoms with van der Waals surface area (Å²) in [5, 5.41) is 0. The van der Waals surface area contributed by atoms with Crippen LogP contribution in [0.3, 0.4) is 0 Å². The Morgan fingerprint density at radius 1 is 1.20 bits per heavy atom. The maximum absolute atomic E-state index is 10.3. The highest BCUT2D eigenvalue weighted by atomic mass is 16.1. The van der Waals surface area contributed by atoms with Crippen LogP contribution in [0.25, 0.3) is 0 Å². The minimum atomic E-state index is 0.609. The summed E-state index contributed by atoms with van der Waals surface area (Å²) in [5.74, 6) is 0. The lowest BCUT2D eigenvalue weighted by molar-refractivity contribution is -0.107. The van der Waals surface area contributed by atoms with E-state index in [0.29, 0.717) is 24.2 Å². The number of hydrogen-bond donors (Lipinski definition) is 0. The van der Waals surface area contributed by atoms with Crippen LogP contribution >= 0.6 is 0 Å². The van der Waals surface area contributed by atoms with Crippen LogP contribution in [0, 0.1) is 0 Å². The molecule has 0 aromatic rings. The molecule has 1 aliphatic heterocycles. The molecule has 0 amide bonds. The molecule has 1 heterocycles. The molecule has 0 fully saturated rings. The average Bonchev–Trinajstić information content (AvgIpc) is 2.30. The normalized spacial score (nSPS) is 19.7. The first-order chi connectivity index (χ1) is 4.77. The Labute approximate surface area is 59.3 Å². The van der Waals surface area contributed by atoms with Crippen LogP contribution in [0.5, 0.6) is 0 Å². The molecule has 0 saturated heterocycles. The maximum Gasteiger partial charge on any atom is 0.147 e. The molecule has 0 aromatic carbocycles. The van der Waals surface area contributed by atoms with Crippen molar-refractivity contribution < 1.29 is 9.59 Å². The Morgan fingerprint density at radius 2 is 1.60 bits per heavy atom. The molecular formula is C7H9NO2. The minimum Gasteiger partial charge on any atom is -0.298 e. The summed E-state index contributed by atoms with van der Waals surface area (Å²) in [6.07, 6.45) is 1.51. The van der Waals surface area contributed by atoms with Crippen LogP contribution in [0.15, 0.2) is 11.1 Å². The summed E-state index contributed by atoms with van der Waals surface area (Å²) in [6.45, 7) is 1.22. The van der Waals surface area contributed by atoms with Crippen molar-refractivity contribution in [1.29, 1.82) is 0 Å². The smallest absolute Gasteiger partial charge is 0.147 e. The van der Waals surface area contributed by atoms with E-state index in [2.05, 4.69) is 0 Å². The third-order valence-electron chi connectivity index (χ3n) is 1.58. The molecule has 0 radical (unpaired) electrons. The van der Waals surface area contributed by atoms with Crippen molar-refractivity contribution in [3.05, 3.63) is 11.1 Å². The molecule has 0 N–H and O–H groups in total. The third kappa shape index (κ3) is 1.14. The van der Waals surface area contributed by atoms with E-state index in [9.17, 15) is 9.59 Å². The number of rotatable bonds is 2. The van der Waals surface area contributed by atoms with E-state index in [1.807, 2.05) is 11.9 Å². The zero-order valence-electron chi connectivity index (χ0n) is 5.83. The average molecular weight is 139 g/mol. The number of aldehydes is 2. The van der Waals surface area contributed by atoms with E-state index >= 15 is 0 Å². The second kappa shape index (κ2) is 2.75. The number of nitrogens with zero attached hydrogens (tertiary/aromatic N) is 1. The summed E-state index contributed by atoms with van der Waals surface area (Å²) in [5.41, 5.74) is 1.25. The van der Waals surface area contributed by atoms with Gasteiger partial charge in [0.25, 0.3) is 0 Å². The molecule has 1 aliphatic rings. The molecule has 0 bridgehead atoms. The lowest BCUT2D eigenvalue weighted by Gasteiger charge is -2.03. The van der Waals surface area contributed by atoms with E-state index in [-0.39, 0.29) is 0 Å². The number of hydrogen-bond acceptors (Lipinski definition) is 3. The summed E-state index contributed by atoms with van der Waals surface area (Å²) < 4.78 is 0. The zero-order chi connectivity index (χ0) is 7.56. The van der Waals surface area contributed by atoms with Gasteiger partial charge in [0.05, 0.1) is 0 Å². The van der Waals surface area contributed by atoms with Gasteiger partial charge < -0.3 is 0 Å². The predicted molar refractivity (Wildman–Crippen MR) is 36.7 cm³/mol. The van der Waals surface area contributed by atoms with Crippen LogP contribution in [0.4, 0.5) is 0 Å². The Kier molecular flexibility index (Phi) is 1.97. The van der Waals surface area contributed by atoms with Gasteiger partial charge in [-0.25, -0.2) is 0 Å². The van der Waals surface area contributed by atoms with Gasteiger partial charge in [-0.15, -0.1) is 0 Å². The molecular weight excluding hydrogens is 130 g/mol. The van der Waals surface area contributed by atoms with Crippen molar-refractivity contribution in [2.24, 2.45) is 0 Å². The topological polar surface area (TPSA) is 37.4 Å². The molecule has 0 atom stereocenters. The van der Waals surface area contributed by atoms with Gasteiger partial charge in [-0.1, -0.05) is 0 Å². The Hall–Kier alpha value is -0.960. The molecule has 0 spiro atoms. The van der Waals surface area contributed by atoms with Gasteiger partial charge in [-0.05, 0) is 7.05 Å². The van der Waals surface area contributed by atoms with Crippen LogP contribution in [0.1, 0.15) is 0 Å². The summed E-state index contributed by atoms with van der Waals surface area (Å²) in [7, 11) is 1.88. The van der Waals surface area contributed by atoms with Crippen LogP contribution in [0.2, 0.25) is 0 Å². The quantitative estimate of drug-likeness (QED) is 0.490. The lowest BCUT2D eigenvalue weighted by atomic mass is 10.2. The second-order valence-electron chi connectivity index (χ2n) is 2.46. The van der Waals surface area contributed by atoms with Crippen molar-refractivity contribution in [3.8, 4) is 0 Å². The maximum atomic E-state index is 10.3. The van der Waals surface area contributed by atoms with Crippen LogP contribution in [-0.4, -0.2) is 37.6 Å². The summed E-state index contributed by atoms with van der Waals surface area (Å²) >= 11 is 0. The number of carbonyl (C=O) groups is 2. The Morgan fingerprint density at radius 3 is 1.90 bits per heavy atom. The predicted octanol–water partition coefficient (Wildman–Crippen LogP) is -0.374. The molecule has 3 nitrogen and oxygen atoms in total. The zero-order valence-corrected chi connectivity index (χ0v) is 5.83. The van der Waals surface area contributed by atoms with Crippen LogP contribution < -0.4 is 0 Å². The van der Waals surface area contributed by atoms with Gasteiger partial charge in [0.2, 0.25) is 0 Å². The Bertz CT molecular complexity index is 176. The fraction of sp³-hybridized carbons (Fsp3) is 0.429. The molecule has 0 aromatic heterocycles. The van der Waals surface area contributed by atoms with Gasteiger partial charge in [0.15, 0.2) is 0 Å². The molecule has 0 saturated carbocycles. The highest BCUT2D eigenvalue weighted by molar-refractivity contribution is 5.88. The van der Waals surface area contributed by atoms with E-state index in [1.54, 1.807) is 0 Å². The molecule has 0 unspecified atom stereocenters. The van der Waals surface area contributed by atoms with Gasteiger partial charge in [-0.2, -0.15) is 0 Å². The van der Waals surface area contributed by atoms with Crippen LogP contribution in [-0.2, 0) is 9.59 Å². The third-order valence-corrected chi connectivity index (χ3v) is 1.58. The number of likely N-dealkylation sites (N-methyl/N-ethyl adjacent to an activating group) is 1. The largest absolute Gasteiger partial charge is 0.298 e. The fourth-order valence-electron chi connectivity index (χ4n) is 1.07. The number of carbonyl (C=O) groups excluding carboxylic acids is 2. The SMILES string of the molecule is CN1CC(C=O)=C(C=O)C1. The van der Waals surface area contributed by atoms with Gasteiger partial charge in [0, 0.05) is 24.2 Å². The molecule has 0 aliphatic carbocycles. The first-order valence-corrected chi connectivity index (χ1v) is 3.09. The van der Waals surface area contributed by atoms with E-state index in [0.717, 1.165) is 12.6 Å². The first-order valence-electron chi connectivity index (χ1n) is 3.09. The molecule has 1 rings (SSSR count). The van der Waals surface area contributed by atoms with E-state index in [1.165, 1.54) is 0 Å². The Balaban J connectivity index is 2.80. The summed E-state index contributed by atoms with van der Waals surface area (Å²) in [6, 6.07) is 0. The lowest BCUT2D eigenvalue weighted by Crippen LogP contribution is -2.14. The molecule has 3 heteroatoms. The van der Waals surface area contributed by atoms with Crippen molar-refractivity contribution in [2.45, 2.75) is 0 Å². The van der Waals surface area contributed by atoms with Gasteiger partial charge in [-0.3, -0.25) is 14.5 Å².